The van der Waals surface area contributed by atoms with Crippen molar-refractivity contribution in [2.75, 3.05) is 13.1 Å². The molecule has 0 atom stereocenters. The first-order valence-electron chi connectivity index (χ1n) is 7.22. The fraction of sp³-hybridized carbons (Fsp3) is 0.400. The van der Waals surface area contributed by atoms with Gasteiger partial charge in [0.05, 0.1) is 10.7 Å². The van der Waals surface area contributed by atoms with Crippen LogP contribution in [0.2, 0.25) is 5.02 Å². The molecule has 0 saturated heterocycles. The maximum absolute atomic E-state index is 12.4. The van der Waals surface area contributed by atoms with Crippen LogP contribution in [-0.2, 0) is 11.2 Å². The summed E-state index contributed by atoms with van der Waals surface area (Å²) in [6, 6.07) is 3.54. The second kappa shape index (κ2) is 7.26. The number of rotatable bonds is 6. The molecule has 6 nitrogen and oxygen atoms in total. The van der Waals surface area contributed by atoms with Crippen molar-refractivity contribution < 1.29 is 9.59 Å². The molecule has 0 radical (unpaired) electrons. The second-order valence-electron chi connectivity index (χ2n) is 4.93. The van der Waals surface area contributed by atoms with Crippen molar-refractivity contribution in [3.05, 3.63) is 34.7 Å². The Morgan fingerprint density at radius 1 is 1.27 bits per heavy atom. The first kappa shape index (κ1) is 16.3. The Hall–Kier alpha value is -2.08. The first-order chi connectivity index (χ1) is 10.5. The van der Waals surface area contributed by atoms with E-state index in [1.807, 2.05) is 6.92 Å². The predicted octanol–water partition coefficient (Wildman–Crippen LogP) is 1.81. The van der Waals surface area contributed by atoms with Gasteiger partial charge in [-0.15, -0.1) is 0 Å². The molecule has 0 aromatic carbocycles. The third-order valence-electron chi connectivity index (χ3n) is 3.22. The van der Waals surface area contributed by atoms with Gasteiger partial charge < -0.3 is 10.6 Å². The Balaban J connectivity index is 2.10. The molecule has 2 rings (SSSR count). The van der Waals surface area contributed by atoms with Crippen LogP contribution in [0.3, 0.4) is 0 Å². The van der Waals surface area contributed by atoms with Gasteiger partial charge in [-0.05, 0) is 25.0 Å². The molecule has 7 heteroatoms. The number of carbonyl (C=O) groups is 2. The number of fused-ring (bicyclic) bond motifs is 1. The lowest BCUT2D eigenvalue weighted by molar-refractivity contribution is -0.118. The van der Waals surface area contributed by atoms with E-state index in [4.69, 9.17) is 11.6 Å². The monoisotopic (exact) mass is 322 g/mol. The molecule has 0 bridgehead atoms. The smallest absolute Gasteiger partial charge is 0.270 e. The standard InChI is InChI=1S/C15H19ClN4O2/c1-3-12-14(15(22)18-8-4-7-17-10(2)21)20-9-11(16)5-6-13(20)19-12/h5-6,9H,3-4,7-8H2,1-2H3,(H,17,21)(H,18,22). The highest BCUT2D eigenvalue weighted by molar-refractivity contribution is 6.30. The highest BCUT2D eigenvalue weighted by atomic mass is 35.5. The van der Waals surface area contributed by atoms with E-state index in [0.29, 0.717) is 42.3 Å². The number of nitrogens with one attached hydrogen (secondary N) is 2. The number of carbonyl (C=O) groups excluding carboxylic acids is 2. The quantitative estimate of drug-likeness (QED) is 0.796. The number of amides is 2. The number of aromatic nitrogens is 2. The van der Waals surface area contributed by atoms with Crippen molar-refractivity contribution in [3.8, 4) is 0 Å². The van der Waals surface area contributed by atoms with Gasteiger partial charge in [0.15, 0.2) is 0 Å². The van der Waals surface area contributed by atoms with E-state index in [2.05, 4.69) is 15.6 Å². The van der Waals surface area contributed by atoms with Gasteiger partial charge in [-0.1, -0.05) is 18.5 Å². The summed E-state index contributed by atoms with van der Waals surface area (Å²) in [5, 5.41) is 6.09. The normalized spacial score (nSPS) is 10.7. The minimum atomic E-state index is -0.186. The number of halogens is 1. The third-order valence-corrected chi connectivity index (χ3v) is 3.44. The molecular formula is C15H19ClN4O2. The van der Waals surface area contributed by atoms with Crippen LogP contribution in [0.25, 0.3) is 5.65 Å². The lowest BCUT2D eigenvalue weighted by Crippen LogP contribution is -2.30. The van der Waals surface area contributed by atoms with Crippen LogP contribution in [0.5, 0.6) is 0 Å². The van der Waals surface area contributed by atoms with E-state index in [1.165, 1.54) is 6.92 Å². The molecule has 2 N–H and O–H groups in total. The molecular weight excluding hydrogens is 304 g/mol. The van der Waals surface area contributed by atoms with Crippen LogP contribution >= 0.6 is 11.6 Å². The zero-order valence-corrected chi connectivity index (χ0v) is 13.4. The lowest BCUT2D eigenvalue weighted by Gasteiger charge is -2.07. The highest BCUT2D eigenvalue weighted by Gasteiger charge is 2.17. The number of imidazole rings is 1. The molecule has 0 saturated carbocycles. The molecule has 0 spiro atoms. The zero-order chi connectivity index (χ0) is 16.1. The maximum atomic E-state index is 12.4. The number of aryl methyl sites for hydroxylation is 1. The van der Waals surface area contributed by atoms with E-state index in [1.54, 1.807) is 22.7 Å². The SMILES string of the molecule is CCc1nc2ccc(Cl)cn2c1C(=O)NCCCNC(C)=O. The average Bonchev–Trinajstić information content (AvgIpc) is 2.84. The van der Waals surface area contributed by atoms with Crippen molar-refractivity contribution in [1.29, 1.82) is 0 Å². The molecule has 0 unspecified atom stereocenters. The molecule has 2 heterocycles. The largest absolute Gasteiger partial charge is 0.356 e. The Kier molecular flexibility index (Phi) is 5.38. The predicted molar refractivity (Wildman–Crippen MR) is 85.2 cm³/mol. The van der Waals surface area contributed by atoms with Gasteiger partial charge in [0.2, 0.25) is 5.91 Å². The highest BCUT2D eigenvalue weighted by Crippen LogP contribution is 2.17. The number of hydrogen-bond donors (Lipinski definition) is 2. The van der Waals surface area contributed by atoms with Gasteiger partial charge in [-0.25, -0.2) is 4.98 Å². The number of pyridine rings is 1. The topological polar surface area (TPSA) is 75.5 Å². The summed E-state index contributed by atoms with van der Waals surface area (Å²) in [6.45, 7) is 4.44. The van der Waals surface area contributed by atoms with Crippen LogP contribution in [-0.4, -0.2) is 34.3 Å². The summed E-state index contributed by atoms with van der Waals surface area (Å²) in [4.78, 5) is 27.6. The minimum absolute atomic E-state index is 0.0731. The summed E-state index contributed by atoms with van der Waals surface area (Å²) in [5.74, 6) is -0.259. The van der Waals surface area contributed by atoms with Crippen molar-refractivity contribution >= 4 is 29.1 Å². The number of nitrogens with zero attached hydrogens (tertiary/aromatic N) is 2. The van der Waals surface area contributed by atoms with Gasteiger partial charge in [-0.2, -0.15) is 0 Å². The molecule has 118 valence electrons. The average molecular weight is 323 g/mol. The van der Waals surface area contributed by atoms with Crippen LogP contribution in [0, 0.1) is 0 Å². The van der Waals surface area contributed by atoms with Gasteiger partial charge in [0, 0.05) is 26.2 Å². The molecule has 0 aliphatic carbocycles. The summed E-state index contributed by atoms with van der Waals surface area (Å²) in [6.07, 6.45) is 3.02. The summed E-state index contributed by atoms with van der Waals surface area (Å²) >= 11 is 6.00. The zero-order valence-electron chi connectivity index (χ0n) is 12.6. The maximum Gasteiger partial charge on any atom is 0.270 e. The van der Waals surface area contributed by atoms with E-state index < -0.39 is 0 Å². The summed E-state index contributed by atoms with van der Waals surface area (Å²) < 4.78 is 1.71. The fourth-order valence-corrected chi connectivity index (χ4v) is 2.35. The van der Waals surface area contributed by atoms with Gasteiger partial charge in [0.25, 0.3) is 5.91 Å². The van der Waals surface area contributed by atoms with Crippen molar-refractivity contribution in [2.24, 2.45) is 0 Å². The molecule has 22 heavy (non-hydrogen) atoms. The van der Waals surface area contributed by atoms with E-state index in [9.17, 15) is 9.59 Å². The molecule has 0 aliphatic rings. The molecule has 2 amide bonds. The Bertz CT molecular complexity index is 696. The van der Waals surface area contributed by atoms with Crippen LogP contribution < -0.4 is 10.6 Å². The van der Waals surface area contributed by atoms with Gasteiger partial charge in [0.1, 0.15) is 11.3 Å². The van der Waals surface area contributed by atoms with E-state index >= 15 is 0 Å². The van der Waals surface area contributed by atoms with Gasteiger partial charge in [-0.3, -0.25) is 14.0 Å². The molecule has 0 fully saturated rings. The summed E-state index contributed by atoms with van der Waals surface area (Å²) in [7, 11) is 0. The first-order valence-corrected chi connectivity index (χ1v) is 7.59. The number of hydrogen-bond acceptors (Lipinski definition) is 3. The van der Waals surface area contributed by atoms with E-state index in [0.717, 1.165) is 5.69 Å². The van der Waals surface area contributed by atoms with Crippen molar-refractivity contribution in [1.82, 2.24) is 20.0 Å². The molecule has 2 aromatic heterocycles. The molecule has 2 aromatic rings. The fourth-order valence-electron chi connectivity index (χ4n) is 2.19. The van der Waals surface area contributed by atoms with Crippen LogP contribution in [0.1, 0.15) is 36.5 Å². The van der Waals surface area contributed by atoms with Crippen molar-refractivity contribution in [2.45, 2.75) is 26.7 Å². The van der Waals surface area contributed by atoms with Crippen molar-refractivity contribution in [3.63, 3.8) is 0 Å². The van der Waals surface area contributed by atoms with Crippen LogP contribution in [0.4, 0.5) is 0 Å². The summed E-state index contributed by atoms with van der Waals surface area (Å²) in [5.41, 5.74) is 1.95. The molecule has 0 aliphatic heterocycles. The van der Waals surface area contributed by atoms with Gasteiger partial charge >= 0.3 is 0 Å². The third kappa shape index (κ3) is 3.76. The Morgan fingerprint density at radius 3 is 2.68 bits per heavy atom. The Morgan fingerprint density at radius 2 is 2.00 bits per heavy atom. The lowest BCUT2D eigenvalue weighted by atomic mass is 10.2. The Labute approximate surface area is 133 Å². The van der Waals surface area contributed by atoms with Crippen LogP contribution in [0.15, 0.2) is 18.3 Å². The second-order valence-corrected chi connectivity index (χ2v) is 5.37. The minimum Gasteiger partial charge on any atom is -0.356 e. The van der Waals surface area contributed by atoms with E-state index in [-0.39, 0.29) is 11.8 Å².